The molecule has 0 aromatic heterocycles. The van der Waals surface area contributed by atoms with Crippen LogP contribution in [-0.2, 0) is 4.79 Å². The van der Waals surface area contributed by atoms with Crippen LogP contribution in [0.15, 0.2) is 0 Å². The van der Waals surface area contributed by atoms with E-state index >= 15 is 0 Å². The molecule has 0 heterocycles. The van der Waals surface area contributed by atoms with Crippen LogP contribution in [0.25, 0.3) is 0 Å². The van der Waals surface area contributed by atoms with Gasteiger partial charge in [0.1, 0.15) is 0 Å². The first-order valence-corrected chi connectivity index (χ1v) is 3.30. The number of amides is 1. The Balaban J connectivity index is 3.57. The Kier molecular flexibility index (Phi) is 5.17. The summed E-state index contributed by atoms with van der Waals surface area (Å²) < 4.78 is 0. The number of aliphatic hydroxyl groups is 1. The van der Waals surface area contributed by atoms with Crippen molar-refractivity contribution in [3.8, 4) is 12.3 Å². The minimum atomic E-state index is -0.661. The molecular formula is C7H12N2O2. The summed E-state index contributed by atoms with van der Waals surface area (Å²) in [4.78, 5) is 10.8. The van der Waals surface area contributed by atoms with Gasteiger partial charge in [0, 0.05) is 13.0 Å². The maximum Gasteiger partial charge on any atom is 0.237 e. The first kappa shape index (κ1) is 9.95. The van der Waals surface area contributed by atoms with E-state index in [0.717, 1.165) is 0 Å². The zero-order valence-electron chi connectivity index (χ0n) is 6.21. The molecule has 0 fully saturated rings. The molecule has 4 heteroatoms. The number of nitrogens with one attached hydrogen (secondary N) is 1. The number of carbonyl (C=O) groups is 1. The highest BCUT2D eigenvalue weighted by molar-refractivity contribution is 5.81. The highest BCUT2D eigenvalue weighted by Gasteiger charge is 2.09. The zero-order valence-corrected chi connectivity index (χ0v) is 6.21. The first-order valence-electron chi connectivity index (χ1n) is 3.30. The van der Waals surface area contributed by atoms with E-state index < -0.39 is 6.04 Å². The molecule has 0 aromatic carbocycles. The molecule has 1 atom stereocenters. The zero-order chi connectivity index (χ0) is 8.69. The summed E-state index contributed by atoms with van der Waals surface area (Å²) >= 11 is 0. The van der Waals surface area contributed by atoms with Crippen molar-refractivity contribution in [2.45, 2.75) is 12.5 Å². The van der Waals surface area contributed by atoms with Gasteiger partial charge in [-0.1, -0.05) is 0 Å². The van der Waals surface area contributed by atoms with Crippen LogP contribution in [0.3, 0.4) is 0 Å². The number of nitrogens with two attached hydrogens (primary N) is 1. The van der Waals surface area contributed by atoms with Gasteiger partial charge in [0.15, 0.2) is 0 Å². The van der Waals surface area contributed by atoms with Crippen molar-refractivity contribution in [1.29, 1.82) is 0 Å². The van der Waals surface area contributed by atoms with Crippen molar-refractivity contribution >= 4 is 5.91 Å². The Morgan fingerprint density at radius 1 is 1.82 bits per heavy atom. The highest BCUT2D eigenvalue weighted by atomic mass is 16.3. The normalized spacial score (nSPS) is 11.7. The van der Waals surface area contributed by atoms with Crippen LogP contribution in [0, 0.1) is 12.3 Å². The molecule has 0 aromatic rings. The SMILES string of the molecule is C#CCC(N)C(=O)NCCO. The first-order chi connectivity index (χ1) is 5.22. The van der Waals surface area contributed by atoms with Gasteiger partial charge in [-0.2, -0.15) is 0 Å². The van der Waals surface area contributed by atoms with Gasteiger partial charge in [-0.25, -0.2) is 0 Å². The molecule has 0 saturated heterocycles. The third kappa shape index (κ3) is 4.37. The Bertz CT molecular complexity index is 162. The lowest BCUT2D eigenvalue weighted by atomic mass is 10.2. The fraction of sp³-hybridized carbons (Fsp3) is 0.571. The monoisotopic (exact) mass is 156 g/mol. The molecule has 4 nitrogen and oxygen atoms in total. The largest absolute Gasteiger partial charge is 0.395 e. The van der Waals surface area contributed by atoms with Gasteiger partial charge in [0.05, 0.1) is 12.6 Å². The molecule has 0 aliphatic heterocycles. The maximum atomic E-state index is 10.8. The number of rotatable bonds is 4. The minimum Gasteiger partial charge on any atom is -0.395 e. The van der Waals surface area contributed by atoms with Crippen LogP contribution in [0.2, 0.25) is 0 Å². The molecule has 11 heavy (non-hydrogen) atoms. The summed E-state index contributed by atoms with van der Waals surface area (Å²) in [7, 11) is 0. The van der Waals surface area contributed by atoms with Crippen LogP contribution < -0.4 is 11.1 Å². The van der Waals surface area contributed by atoms with E-state index in [1.807, 2.05) is 0 Å². The summed E-state index contributed by atoms with van der Waals surface area (Å²) in [6.07, 6.45) is 5.16. The van der Waals surface area contributed by atoms with E-state index in [0.29, 0.717) is 0 Å². The summed E-state index contributed by atoms with van der Waals surface area (Å²) in [5.74, 6) is 1.95. The van der Waals surface area contributed by atoms with Crippen LogP contribution in [0.1, 0.15) is 6.42 Å². The Labute approximate surface area is 65.8 Å². The number of terminal acetylenes is 1. The predicted octanol–water partition coefficient (Wildman–Crippen LogP) is -1.55. The van der Waals surface area contributed by atoms with E-state index in [4.69, 9.17) is 17.3 Å². The van der Waals surface area contributed by atoms with Crippen molar-refractivity contribution in [2.75, 3.05) is 13.2 Å². The fourth-order valence-corrected chi connectivity index (χ4v) is 0.530. The lowest BCUT2D eigenvalue weighted by molar-refractivity contribution is -0.122. The quantitative estimate of drug-likeness (QED) is 0.431. The van der Waals surface area contributed by atoms with Gasteiger partial charge in [-0.15, -0.1) is 12.3 Å². The third-order valence-corrected chi connectivity index (χ3v) is 1.09. The van der Waals surface area contributed by atoms with Crippen molar-refractivity contribution in [2.24, 2.45) is 5.73 Å². The highest BCUT2D eigenvalue weighted by Crippen LogP contribution is 1.84. The Morgan fingerprint density at radius 2 is 2.45 bits per heavy atom. The average Bonchev–Trinajstić information content (AvgIpc) is 2.00. The number of carbonyl (C=O) groups excluding carboxylic acids is 1. The molecule has 0 aliphatic rings. The number of hydrogen-bond donors (Lipinski definition) is 3. The molecule has 0 aliphatic carbocycles. The van der Waals surface area contributed by atoms with Crippen molar-refractivity contribution < 1.29 is 9.90 Å². The van der Waals surface area contributed by atoms with Crippen molar-refractivity contribution in [3.05, 3.63) is 0 Å². The van der Waals surface area contributed by atoms with Crippen LogP contribution >= 0.6 is 0 Å². The molecule has 4 N–H and O–H groups in total. The van der Waals surface area contributed by atoms with Crippen LogP contribution in [-0.4, -0.2) is 30.2 Å². The van der Waals surface area contributed by atoms with E-state index in [1.165, 1.54) is 0 Å². The predicted molar refractivity (Wildman–Crippen MR) is 41.5 cm³/mol. The summed E-state index contributed by atoms with van der Waals surface area (Å²) in [5, 5.41) is 10.7. The Morgan fingerprint density at radius 3 is 2.91 bits per heavy atom. The smallest absolute Gasteiger partial charge is 0.237 e. The standard InChI is InChI=1S/C7H12N2O2/c1-2-3-6(8)7(11)9-4-5-10/h1,6,10H,3-5,8H2,(H,9,11). The van der Waals surface area contributed by atoms with Gasteiger partial charge in [0.2, 0.25) is 5.91 Å². The molecule has 0 radical (unpaired) electrons. The topological polar surface area (TPSA) is 75.4 Å². The van der Waals surface area contributed by atoms with E-state index in [2.05, 4.69) is 11.2 Å². The van der Waals surface area contributed by atoms with E-state index in [9.17, 15) is 4.79 Å². The second-order valence-electron chi connectivity index (χ2n) is 2.03. The summed E-state index contributed by atoms with van der Waals surface area (Å²) in [6, 6.07) is -0.661. The van der Waals surface area contributed by atoms with Gasteiger partial charge >= 0.3 is 0 Å². The molecular weight excluding hydrogens is 144 g/mol. The Hall–Kier alpha value is -1.05. The number of hydrogen-bond acceptors (Lipinski definition) is 3. The van der Waals surface area contributed by atoms with Crippen molar-refractivity contribution in [1.82, 2.24) is 5.32 Å². The third-order valence-electron chi connectivity index (χ3n) is 1.09. The van der Waals surface area contributed by atoms with Crippen LogP contribution in [0.4, 0.5) is 0 Å². The van der Waals surface area contributed by atoms with Gasteiger partial charge in [0.25, 0.3) is 0 Å². The summed E-state index contributed by atoms with van der Waals surface area (Å²) in [5.41, 5.74) is 5.33. The minimum absolute atomic E-state index is 0.0888. The fourth-order valence-electron chi connectivity index (χ4n) is 0.530. The van der Waals surface area contributed by atoms with Crippen LogP contribution in [0.5, 0.6) is 0 Å². The molecule has 62 valence electrons. The number of aliphatic hydroxyl groups excluding tert-OH is 1. The molecule has 1 unspecified atom stereocenters. The van der Waals surface area contributed by atoms with Gasteiger partial charge in [-0.05, 0) is 0 Å². The average molecular weight is 156 g/mol. The van der Waals surface area contributed by atoms with E-state index in [1.54, 1.807) is 0 Å². The second-order valence-corrected chi connectivity index (χ2v) is 2.03. The molecule has 0 bridgehead atoms. The second kappa shape index (κ2) is 5.71. The lowest BCUT2D eigenvalue weighted by Gasteiger charge is -2.07. The van der Waals surface area contributed by atoms with E-state index in [-0.39, 0.29) is 25.5 Å². The maximum absolute atomic E-state index is 10.8. The molecule has 0 rings (SSSR count). The van der Waals surface area contributed by atoms with Crippen molar-refractivity contribution in [3.63, 3.8) is 0 Å². The molecule has 0 spiro atoms. The lowest BCUT2D eigenvalue weighted by Crippen LogP contribution is -2.41. The molecule has 1 amide bonds. The summed E-state index contributed by atoms with van der Waals surface area (Å²) in [6.45, 7) is 0.131. The van der Waals surface area contributed by atoms with Gasteiger partial charge in [-0.3, -0.25) is 4.79 Å². The van der Waals surface area contributed by atoms with Gasteiger partial charge < -0.3 is 16.2 Å². The molecule has 0 saturated carbocycles.